The molecule has 112 valence electrons. The maximum atomic E-state index is 13.0. The second-order valence-electron chi connectivity index (χ2n) is 5.20. The van der Waals surface area contributed by atoms with Crippen molar-refractivity contribution in [3.63, 3.8) is 0 Å². The van der Waals surface area contributed by atoms with Crippen LogP contribution in [0.4, 0.5) is 0 Å². The molecule has 4 heteroatoms. The van der Waals surface area contributed by atoms with Gasteiger partial charge < -0.3 is 9.52 Å². The van der Waals surface area contributed by atoms with E-state index in [9.17, 15) is 9.90 Å². The van der Waals surface area contributed by atoms with Gasteiger partial charge in [0.25, 0.3) is 0 Å². The fraction of sp³-hybridized carbons (Fsp3) is 0.167. The van der Waals surface area contributed by atoms with Gasteiger partial charge in [-0.3, -0.25) is 4.79 Å². The number of rotatable bonds is 3. The summed E-state index contributed by atoms with van der Waals surface area (Å²) in [6.45, 7) is 3.77. The van der Waals surface area contributed by atoms with Crippen LogP contribution in [-0.4, -0.2) is 10.9 Å². The van der Waals surface area contributed by atoms with Crippen LogP contribution in [0, 0.1) is 10.5 Å². The Bertz CT molecular complexity index is 854. The Balaban J connectivity index is 2.21. The fourth-order valence-electron chi connectivity index (χ4n) is 2.61. The molecular formula is C18H15IO3. The van der Waals surface area contributed by atoms with E-state index in [-0.39, 0.29) is 11.5 Å². The highest BCUT2D eigenvalue weighted by Gasteiger charge is 2.22. The van der Waals surface area contributed by atoms with E-state index < -0.39 is 0 Å². The number of para-hydroxylation sites is 1. The van der Waals surface area contributed by atoms with Crippen molar-refractivity contribution in [3.8, 4) is 5.75 Å². The summed E-state index contributed by atoms with van der Waals surface area (Å²) < 4.78 is 6.48. The molecule has 0 spiro atoms. The van der Waals surface area contributed by atoms with Crippen LogP contribution in [0.2, 0.25) is 0 Å². The molecule has 0 saturated heterocycles. The maximum absolute atomic E-state index is 13.0. The zero-order valence-electron chi connectivity index (χ0n) is 12.3. The highest BCUT2D eigenvalue weighted by molar-refractivity contribution is 14.1. The third-order valence-electron chi connectivity index (χ3n) is 3.73. The summed E-state index contributed by atoms with van der Waals surface area (Å²) in [5, 5.41) is 10.7. The maximum Gasteiger partial charge on any atom is 0.197 e. The number of aromatic hydroxyl groups is 1. The minimum Gasteiger partial charge on any atom is -0.507 e. The van der Waals surface area contributed by atoms with Gasteiger partial charge >= 0.3 is 0 Å². The molecule has 22 heavy (non-hydrogen) atoms. The predicted molar refractivity (Wildman–Crippen MR) is 94.6 cm³/mol. The van der Waals surface area contributed by atoms with Gasteiger partial charge in [-0.1, -0.05) is 25.1 Å². The second kappa shape index (κ2) is 5.76. The minimum atomic E-state index is -0.0668. The van der Waals surface area contributed by atoms with E-state index in [0.29, 0.717) is 32.4 Å². The number of ketones is 1. The minimum absolute atomic E-state index is 0.0668. The lowest BCUT2D eigenvalue weighted by Crippen LogP contribution is -2.04. The Morgan fingerprint density at radius 3 is 2.68 bits per heavy atom. The molecule has 0 atom stereocenters. The Labute approximate surface area is 142 Å². The fourth-order valence-corrected chi connectivity index (χ4v) is 3.37. The SMILES string of the molecule is CCc1oc2ccccc2c1C(=O)c1cc(C)c(O)c(I)c1. The molecule has 0 unspecified atom stereocenters. The highest BCUT2D eigenvalue weighted by atomic mass is 127. The molecule has 3 aromatic rings. The third-order valence-corrected chi connectivity index (χ3v) is 4.56. The first kappa shape index (κ1) is 15.1. The van der Waals surface area contributed by atoms with E-state index >= 15 is 0 Å². The zero-order valence-corrected chi connectivity index (χ0v) is 14.5. The van der Waals surface area contributed by atoms with Crippen LogP contribution in [0.15, 0.2) is 40.8 Å². The largest absolute Gasteiger partial charge is 0.507 e. The normalized spacial score (nSPS) is 11.0. The molecule has 0 amide bonds. The molecule has 1 heterocycles. The molecule has 3 rings (SSSR count). The molecule has 0 aliphatic carbocycles. The lowest BCUT2D eigenvalue weighted by Gasteiger charge is -2.07. The van der Waals surface area contributed by atoms with Crippen molar-refractivity contribution in [2.24, 2.45) is 0 Å². The first-order valence-corrected chi connectivity index (χ1v) is 8.15. The molecule has 0 aliphatic heterocycles. The lowest BCUT2D eigenvalue weighted by molar-refractivity contribution is 0.103. The van der Waals surface area contributed by atoms with E-state index in [1.165, 1.54) is 0 Å². The first-order valence-electron chi connectivity index (χ1n) is 7.07. The van der Waals surface area contributed by atoms with Crippen LogP contribution in [0.1, 0.15) is 34.2 Å². The average molecular weight is 406 g/mol. The smallest absolute Gasteiger partial charge is 0.197 e. The van der Waals surface area contributed by atoms with Gasteiger partial charge in [0.2, 0.25) is 0 Å². The van der Waals surface area contributed by atoms with Gasteiger partial charge in [-0.05, 0) is 53.3 Å². The summed E-state index contributed by atoms with van der Waals surface area (Å²) in [5.41, 5.74) is 2.62. The number of fused-ring (bicyclic) bond motifs is 1. The molecule has 0 saturated carbocycles. The Morgan fingerprint density at radius 1 is 1.27 bits per heavy atom. The average Bonchev–Trinajstić information content (AvgIpc) is 2.89. The van der Waals surface area contributed by atoms with Crippen LogP contribution in [0.25, 0.3) is 11.0 Å². The second-order valence-corrected chi connectivity index (χ2v) is 6.36. The van der Waals surface area contributed by atoms with Gasteiger partial charge in [-0.25, -0.2) is 0 Å². The van der Waals surface area contributed by atoms with Crippen LogP contribution in [0.5, 0.6) is 5.75 Å². The van der Waals surface area contributed by atoms with Gasteiger partial charge in [0.05, 0.1) is 9.13 Å². The number of carbonyl (C=O) groups excluding carboxylic acids is 1. The number of hydrogen-bond donors (Lipinski definition) is 1. The van der Waals surface area contributed by atoms with Crippen LogP contribution >= 0.6 is 22.6 Å². The van der Waals surface area contributed by atoms with E-state index in [2.05, 4.69) is 0 Å². The van der Waals surface area contributed by atoms with Crippen molar-refractivity contribution in [1.29, 1.82) is 0 Å². The molecule has 1 N–H and O–H groups in total. The lowest BCUT2D eigenvalue weighted by atomic mass is 9.98. The molecular weight excluding hydrogens is 391 g/mol. The molecule has 0 radical (unpaired) electrons. The Hall–Kier alpha value is -1.82. The van der Waals surface area contributed by atoms with Crippen molar-refractivity contribution in [2.45, 2.75) is 20.3 Å². The number of phenols is 1. The number of carbonyl (C=O) groups is 1. The molecule has 1 aromatic heterocycles. The number of halogens is 1. The van der Waals surface area contributed by atoms with Crippen molar-refractivity contribution in [3.05, 3.63) is 62.4 Å². The van der Waals surface area contributed by atoms with Gasteiger partial charge in [0, 0.05) is 17.4 Å². The number of hydrogen-bond acceptors (Lipinski definition) is 3. The molecule has 0 bridgehead atoms. The molecule has 3 nitrogen and oxygen atoms in total. The topological polar surface area (TPSA) is 50.4 Å². The van der Waals surface area contributed by atoms with Crippen LogP contribution in [-0.2, 0) is 6.42 Å². The summed E-state index contributed by atoms with van der Waals surface area (Å²) in [5.74, 6) is 0.861. The van der Waals surface area contributed by atoms with Crippen LogP contribution in [0.3, 0.4) is 0 Å². The van der Waals surface area contributed by atoms with Crippen LogP contribution < -0.4 is 0 Å². The number of benzene rings is 2. The standard InChI is InChI=1S/C18H15IO3/c1-3-14-16(12-6-4-5-7-15(12)22-14)18(21)11-8-10(2)17(20)13(19)9-11/h4-9,20H,3H2,1-2H3. The zero-order chi connectivity index (χ0) is 15.9. The first-order chi connectivity index (χ1) is 10.5. The summed E-state index contributed by atoms with van der Waals surface area (Å²) in [6, 6.07) is 11.0. The van der Waals surface area contributed by atoms with E-state index in [1.807, 2.05) is 53.8 Å². The van der Waals surface area contributed by atoms with Crippen molar-refractivity contribution in [1.82, 2.24) is 0 Å². The summed E-state index contributed by atoms with van der Waals surface area (Å²) >= 11 is 2.04. The Kier molecular flexibility index (Phi) is 3.95. The van der Waals surface area contributed by atoms with Gasteiger partial charge in [-0.2, -0.15) is 0 Å². The number of phenolic OH excluding ortho intramolecular Hbond substituents is 1. The molecule has 2 aromatic carbocycles. The van der Waals surface area contributed by atoms with Crippen molar-refractivity contribution in [2.75, 3.05) is 0 Å². The number of aryl methyl sites for hydroxylation is 2. The quantitative estimate of drug-likeness (QED) is 0.500. The van der Waals surface area contributed by atoms with Gasteiger partial charge in [0.1, 0.15) is 17.1 Å². The number of furan rings is 1. The van der Waals surface area contributed by atoms with E-state index in [0.717, 1.165) is 11.0 Å². The Morgan fingerprint density at radius 2 is 2.00 bits per heavy atom. The summed E-state index contributed by atoms with van der Waals surface area (Å²) in [4.78, 5) is 13.0. The van der Waals surface area contributed by atoms with Crippen molar-refractivity contribution >= 4 is 39.3 Å². The monoisotopic (exact) mass is 406 g/mol. The summed E-state index contributed by atoms with van der Waals surface area (Å²) in [7, 11) is 0. The van der Waals surface area contributed by atoms with E-state index in [1.54, 1.807) is 19.1 Å². The van der Waals surface area contributed by atoms with Crippen molar-refractivity contribution < 1.29 is 14.3 Å². The summed E-state index contributed by atoms with van der Waals surface area (Å²) in [6.07, 6.45) is 0.657. The van der Waals surface area contributed by atoms with Gasteiger partial charge in [0.15, 0.2) is 5.78 Å². The molecule has 0 aliphatic rings. The predicted octanol–water partition coefficient (Wildman–Crippen LogP) is 4.84. The third kappa shape index (κ3) is 2.41. The highest BCUT2D eigenvalue weighted by Crippen LogP contribution is 2.31. The van der Waals surface area contributed by atoms with E-state index in [4.69, 9.17) is 4.42 Å². The van der Waals surface area contributed by atoms with Gasteiger partial charge in [-0.15, -0.1) is 0 Å². The molecule has 0 fully saturated rings.